The maximum Gasteiger partial charge on any atom is 0.0465 e. The first-order valence-electron chi connectivity index (χ1n) is 17.9. The number of anilines is 3. The standard InChI is InChI=1S/C48H43N/c1-7-30(2)31-16-20-34(21-17-31)49(35-22-24-39-43(28-35)47(3,4)41-26-18-32-12-8-10-14-37(32)45(39)41)36-23-25-40-44(29-36)48(5,6)42-27-19-33-13-9-11-15-38(33)46(40)42/h8-30H,7H2,1-6H3. The summed E-state index contributed by atoms with van der Waals surface area (Å²) in [4.78, 5) is 2.48. The van der Waals surface area contributed by atoms with Crippen LogP contribution in [0.1, 0.15) is 81.7 Å². The lowest BCUT2D eigenvalue weighted by Gasteiger charge is -2.30. The summed E-state index contributed by atoms with van der Waals surface area (Å²) in [5.74, 6) is 0.533. The van der Waals surface area contributed by atoms with E-state index < -0.39 is 0 Å². The number of fused-ring (bicyclic) bond motifs is 10. The highest BCUT2D eigenvalue weighted by Crippen LogP contribution is 2.55. The van der Waals surface area contributed by atoms with Crippen molar-refractivity contribution < 1.29 is 0 Å². The molecule has 1 unspecified atom stereocenters. The Morgan fingerprint density at radius 2 is 0.939 bits per heavy atom. The Morgan fingerprint density at radius 3 is 1.41 bits per heavy atom. The number of nitrogens with zero attached hydrogens (tertiary/aromatic N) is 1. The Hall–Kier alpha value is -5.14. The monoisotopic (exact) mass is 633 g/mol. The summed E-state index contributed by atoms with van der Waals surface area (Å²) < 4.78 is 0. The van der Waals surface area contributed by atoms with Crippen molar-refractivity contribution in [2.24, 2.45) is 0 Å². The van der Waals surface area contributed by atoms with Crippen LogP contribution in [-0.4, -0.2) is 0 Å². The molecule has 1 nitrogen and oxygen atoms in total. The highest BCUT2D eigenvalue weighted by molar-refractivity contribution is 6.04. The van der Waals surface area contributed by atoms with E-state index in [4.69, 9.17) is 0 Å². The van der Waals surface area contributed by atoms with Crippen LogP contribution in [-0.2, 0) is 10.8 Å². The molecule has 0 radical (unpaired) electrons. The zero-order chi connectivity index (χ0) is 33.7. The van der Waals surface area contributed by atoms with Gasteiger partial charge in [0.2, 0.25) is 0 Å². The summed E-state index contributed by atoms with van der Waals surface area (Å²) in [6, 6.07) is 50.6. The summed E-state index contributed by atoms with van der Waals surface area (Å²) in [6.07, 6.45) is 1.13. The Morgan fingerprint density at radius 1 is 0.490 bits per heavy atom. The van der Waals surface area contributed by atoms with Gasteiger partial charge in [0.1, 0.15) is 0 Å². The molecule has 7 aromatic rings. The second-order valence-electron chi connectivity index (χ2n) is 15.4. The third-order valence-corrected chi connectivity index (χ3v) is 11.9. The lowest BCUT2D eigenvalue weighted by Crippen LogP contribution is -2.18. The number of rotatable bonds is 5. The van der Waals surface area contributed by atoms with Crippen LogP contribution in [0, 0.1) is 0 Å². The van der Waals surface area contributed by atoms with Gasteiger partial charge in [0, 0.05) is 27.9 Å². The smallest absolute Gasteiger partial charge is 0.0465 e. The molecule has 2 aliphatic carbocycles. The minimum atomic E-state index is -0.112. The maximum absolute atomic E-state index is 2.48. The minimum absolute atomic E-state index is 0.112. The van der Waals surface area contributed by atoms with Crippen LogP contribution in [0.25, 0.3) is 43.8 Å². The van der Waals surface area contributed by atoms with Crippen molar-refractivity contribution in [1.82, 2.24) is 0 Å². The molecule has 2 aliphatic rings. The highest BCUT2D eigenvalue weighted by Gasteiger charge is 2.39. The molecule has 0 saturated carbocycles. The Labute approximate surface area is 290 Å². The number of benzene rings is 7. The number of hydrogen-bond acceptors (Lipinski definition) is 1. The van der Waals surface area contributed by atoms with Crippen molar-refractivity contribution in [3.05, 3.63) is 161 Å². The molecular formula is C48H43N. The molecule has 1 heteroatoms. The van der Waals surface area contributed by atoms with E-state index in [-0.39, 0.29) is 10.8 Å². The average molecular weight is 634 g/mol. The second-order valence-corrected chi connectivity index (χ2v) is 15.4. The SMILES string of the molecule is CCC(C)c1ccc(N(c2ccc3c(c2)C(C)(C)c2ccc4ccccc4c2-3)c2ccc3c(c2)C(C)(C)c2ccc4ccccc4c2-3)cc1. The van der Waals surface area contributed by atoms with Crippen molar-refractivity contribution >= 4 is 38.6 Å². The van der Waals surface area contributed by atoms with Crippen molar-refractivity contribution in [1.29, 1.82) is 0 Å². The van der Waals surface area contributed by atoms with E-state index in [2.05, 4.69) is 180 Å². The molecule has 1 atom stereocenters. The third-order valence-electron chi connectivity index (χ3n) is 11.9. The lowest BCUT2D eigenvalue weighted by molar-refractivity contribution is 0.660. The van der Waals surface area contributed by atoms with Crippen molar-refractivity contribution in [3.8, 4) is 22.3 Å². The van der Waals surface area contributed by atoms with Gasteiger partial charge in [-0.25, -0.2) is 0 Å². The molecule has 0 spiro atoms. The predicted octanol–water partition coefficient (Wildman–Crippen LogP) is 13.6. The molecule has 0 aliphatic heterocycles. The van der Waals surface area contributed by atoms with Gasteiger partial charge in [0.05, 0.1) is 0 Å². The quantitative estimate of drug-likeness (QED) is 0.182. The zero-order valence-electron chi connectivity index (χ0n) is 29.4. The molecule has 7 aromatic carbocycles. The normalized spacial score (nSPS) is 15.5. The molecule has 0 saturated heterocycles. The van der Waals surface area contributed by atoms with Crippen LogP contribution in [0.15, 0.2) is 133 Å². The first-order chi connectivity index (χ1) is 23.7. The molecule has 0 amide bonds. The summed E-state index contributed by atoms with van der Waals surface area (Å²) in [7, 11) is 0. The topological polar surface area (TPSA) is 3.24 Å². The fraction of sp³-hybridized carbons (Fsp3) is 0.208. The van der Waals surface area contributed by atoms with Crippen LogP contribution >= 0.6 is 0 Å². The molecule has 0 N–H and O–H groups in total. The van der Waals surface area contributed by atoms with Gasteiger partial charge in [-0.1, -0.05) is 139 Å². The van der Waals surface area contributed by atoms with Gasteiger partial charge < -0.3 is 4.90 Å². The molecular weight excluding hydrogens is 591 g/mol. The average Bonchev–Trinajstić information content (AvgIpc) is 3.51. The number of hydrogen-bond donors (Lipinski definition) is 0. The van der Waals surface area contributed by atoms with E-state index >= 15 is 0 Å². The van der Waals surface area contributed by atoms with Crippen molar-refractivity contribution in [2.75, 3.05) is 4.90 Å². The molecule has 0 bridgehead atoms. The predicted molar refractivity (Wildman–Crippen MR) is 210 cm³/mol. The van der Waals surface area contributed by atoms with Gasteiger partial charge >= 0.3 is 0 Å². The molecule has 0 heterocycles. The van der Waals surface area contributed by atoms with Gasteiger partial charge in [-0.3, -0.25) is 0 Å². The summed E-state index contributed by atoms with van der Waals surface area (Å²) >= 11 is 0. The van der Waals surface area contributed by atoms with E-state index in [1.54, 1.807) is 0 Å². The van der Waals surface area contributed by atoms with Crippen LogP contribution in [0.3, 0.4) is 0 Å². The van der Waals surface area contributed by atoms with E-state index in [0.717, 1.165) is 6.42 Å². The van der Waals surface area contributed by atoms with Crippen molar-refractivity contribution in [3.63, 3.8) is 0 Å². The largest absolute Gasteiger partial charge is 0.310 e. The third kappa shape index (κ3) is 4.31. The minimum Gasteiger partial charge on any atom is -0.310 e. The fourth-order valence-corrected chi connectivity index (χ4v) is 8.90. The fourth-order valence-electron chi connectivity index (χ4n) is 8.90. The zero-order valence-corrected chi connectivity index (χ0v) is 29.4. The van der Waals surface area contributed by atoms with Gasteiger partial charge in [-0.15, -0.1) is 0 Å². The van der Waals surface area contributed by atoms with Gasteiger partial charge in [0.15, 0.2) is 0 Å². The molecule has 0 fully saturated rings. The van der Waals surface area contributed by atoms with E-state index in [0.29, 0.717) is 5.92 Å². The van der Waals surface area contributed by atoms with Gasteiger partial charge in [-0.2, -0.15) is 0 Å². The first-order valence-corrected chi connectivity index (χ1v) is 17.9. The molecule has 0 aromatic heterocycles. The summed E-state index contributed by atoms with van der Waals surface area (Å²) in [5, 5.41) is 5.27. The van der Waals surface area contributed by atoms with E-state index in [1.807, 2.05) is 0 Å². The Bertz CT molecular complexity index is 2300. The lowest BCUT2D eigenvalue weighted by atomic mass is 9.81. The Balaban J connectivity index is 1.24. The molecule has 49 heavy (non-hydrogen) atoms. The van der Waals surface area contributed by atoms with Crippen LogP contribution < -0.4 is 4.90 Å². The summed E-state index contributed by atoms with van der Waals surface area (Å²) in [5.41, 5.74) is 15.8. The van der Waals surface area contributed by atoms with E-state index in [9.17, 15) is 0 Å². The second kappa shape index (κ2) is 10.7. The molecule has 240 valence electrons. The van der Waals surface area contributed by atoms with Crippen LogP contribution in [0.2, 0.25) is 0 Å². The molecule has 9 rings (SSSR count). The maximum atomic E-state index is 2.48. The Kier molecular flexibility index (Phi) is 6.53. The van der Waals surface area contributed by atoms with E-state index in [1.165, 1.54) is 88.7 Å². The summed E-state index contributed by atoms with van der Waals surface area (Å²) in [6.45, 7) is 14.1. The van der Waals surface area contributed by atoms with Gasteiger partial charge in [0.25, 0.3) is 0 Å². The first kappa shape index (κ1) is 30.0. The van der Waals surface area contributed by atoms with Crippen LogP contribution in [0.5, 0.6) is 0 Å². The highest BCUT2D eigenvalue weighted by atomic mass is 15.1. The van der Waals surface area contributed by atoms with Gasteiger partial charge in [-0.05, 0) is 120 Å². The van der Waals surface area contributed by atoms with Crippen LogP contribution in [0.4, 0.5) is 17.1 Å². The van der Waals surface area contributed by atoms with Crippen molar-refractivity contribution in [2.45, 2.75) is 64.7 Å².